The topological polar surface area (TPSA) is 50.8 Å². The standard InChI is InChI=1S/C19H28N2O3/c1-14-12-15(5-6-18(14)23-2)19(22)20-16-7-9-21(10-8-16)13-17-4-3-11-24-17/h5-6,12,16-17H,3-4,7-11,13H2,1-2H3,(H,20,22). The van der Waals surface area contributed by atoms with Crippen LogP contribution in [0.1, 0.15) is 41.6 Å². The lowest BCUT2D eigenvalue weighted by Crippen LogP contribution is -2.46. The van der Waals surface area contributed by atoms with Crippen molar-refractivity contribution in [3.63, 3.8) is 0 Å². The Morgan fingerprint density at radius 3 is 2.75 bits per heavy atom. The summed E-state index contributed by atoms with van der Waals surface area (Å²) in [4.78, 5) is 14.9. The number of piperidine rings is 1. The fourth-order valence-electron chi connectivity index (χ4n) is 3.62. The van der Waals surface area contributed by atoms with E-state index >= 15 is 0 Å². The fraction of sp³-hybridized carbons (Fsp3) is 0.632. The van der Waals surface area contributed by atoms with Gasteiger partial charge in [0.15, 0.2) is 0 Å². The first-order valence-corrected chi connectivity index (χ1v) is 8.95. The van der Waals surface area contributed by atoms with Gasteiger partial charge in [0.2, 0.25) is 0 Å². The van der Waals surface area contributed by atoms with E-state index in [1.807, 2.05) is 25.1 Å². The van der Waals surface area contributed by atoms with E-state index in [1.54, 1.807) is 7.11 Å². The third kappa shape index (κ3) is 4.28. The second-order valence-corrected chi connectivity index (χ2v) is 6.87. The van der Waals surface area contributed by atoms with Gasteiger partial charge in [-0.15, -0.1) is 0 Å². The highest BCUT2D eigenvalue weighted by Crippen LogP contribution is 2.20. The highest BCUT2D eigenvalue weighted by atomic mass is 16.5. The average molecular weight is 332 g/mol. The van der Waals surface area contributed by atoms with Crippen molar-refractivity contribution in [3.05, 3.63) is 29.3 Å². The first-order valence-electron chi connectivity index (χ1n) is 8.95. The first kappa shape index (κ1) is 17.2. The van der Waals surface area contributed by atoms with Crippen LogP contribution in [0.2, 0.25) is 0 Å². The van der Waals surface area contributed by atoms with Crippen molar-refractivity contribution >= 4 is 5.91 Å². The molecule has 0 aromatic heterocycles. The van der Waals surface area contributed by atoms with E-state index in [1.165, 1.54) is 12.8 Å². The molecule has 1 aromatic carbocycles. The molecule has 24 heavy (non-hydrogen) atoms. The minimum Gasteiger partial charge on any atom is -0.496 e. The Kier molecular flexibility index (Phi) is 5.74. The number of benzene rings is 1. The summed E-state index contributed by atoms with van der Waals surface area (Å²) in [6.07, 6.45) is 4.81. The number of carbonyl (C=O) groups is 1. The molecule has 132 valence electrons. The number of hydrogen-bond donors (Lipinski definition) is 1. The number of ether oxygens (including phenoxy) is 2. The lowest BCUT2D eigenvalue weighted by Gasteiger charge is -2.33. The first-order chi connectivity index (χ1) is 11.7. The van der Waals surface area contributed by atoms with Gasteiger partial charge in [-0.2, -0.15) is 0 Å². The summed E-state index contributed by atoms with van der Waals surface area (Å²) in [5.41, 5.74) is 1.69. The molecule has 1 unspecified atom stereocenters. The van der Waals surface area contributed by atoms with Gasteiger partial charge in [0.25, 0.3) is 5.91 Å². The molecule has 1 aromatic rings. The Morgan fingerprint density at radius 1 is 1.33 bits per heavy atom. The Balaban J connectivity index is 1.46. The summed E-state index contributed by atoms with van der Waals surface area (Å²) in [5, 5.41) is 3.18. The molecule has 2 heterocycles. The van der Waals surface area contributed by atoms with Gasteiger partial charge in [0.05, 0.1) is 13.2 Å². The maximum Gasteiger partial charge on any atom is 0.251 e. The normalized spacial score (nSPS) is 22.5. The van der Waals surface area contributed by atoms with Crippen molar-refractivity contribution in [2.24, 2.45) is 0 Å². The molecule has 1 N–H and O–H groups in total. The second-order valence-electron chi connectivity index (χ2n) is 6.87. The van der Waals surface area contributed by atoms with Gasteiger partial charge in [0, 0.05) is 37.8 Å². The van der Waals surface area contributed by atoms with E-state index in [9.17, 15) is 4.79 Å². The third-order valence-electron chi connectivity index (χ3n) is 5.07. The van der Waals surface area contributed by atoms with Crippen LogP contribution in [0.4, 0.5) is 0 Å². The van der Waals surface area contributed by atoms with Crippen LogP contribution in [0.25, 0.3) is 0 Å². The highest BCUT2D eigenvalue weighted by Gasteiger charge is 2.25. The maximum atomic E-state index is 12.4. The molecule has 1 atom stereocenters. The number of amides is 1. The predicted octanol–water partition coefficient (Wildman–Crippen LogP) is 2.38. The van der Waals surface area contributed by atoms with Crippen molar-refractivity contribution in [2.45, 2.75) is 44.8 Å². The molecule has 1 amide bonds. The van der Waals surface area contributed by atoms with Gasteiger partial charge in [-0.05, 0) is 56.4 Å². The molecular weight excluding hydrogens is 304 g/mol. The van der Waals surface area contributed by atoms with Gasteiger partial charge in [-0.1, -0.05) is 0 Å². The molecule has 2 aliphatic heterocycles. The largest absolute Gasteiger partial charge is 0.496 e. The van der Waals surface area contributed by atoms with Gasteiger partial charge >= 0.3 is 0 Å². The van der Waals surface area contributed by atoms with Crippen molar-refractivity contribution in [2.75, 3.05) is 33.4 Å². The number of nitrogens with zero attached hydrogens (tertiary/aromatic N) is 1. The third-order valence-corrected chi connectivity index (χ3v) is 5.07. The number of aryl methyl sites for hydroxylation is 1. The van der Waals surface area contributed by atoms with Crippen molar-refractivity contribution < 1.29 is 14.3 Å². The molecule has 3 rings (SSSR count). The van der Waals surface area contributed by atoms with Crippen LogP contribution >= 0.6 is 0 Å². The summed E-state index contributed by atoms with van der Waals surface area (Å²) in [5.74, 6) is 0.826. The zero-order chi connectivity index (χ0) is 16.9. The predicted molar refractivity (Wildman–Crippen MR) is 93.6 cm³/mol. The SMILES string of the molecule is COc1ccc(C(=O)NC2CCN(CC3CCCO3)CC2)cc1C. The Morgan fingerprint density at radius 2 is 2.12 bits per heavy atom. The van der Waals surface area contributed by atoms with Crippen LogP contribution < -0.4 is 10.1 Å². The summed E-state index contributed by atoms with van der Waals surface area (Å²) >= 11 is 0. The second kappa shape index (κ2) is 7.99. The average Bonchev–Trinajstić information content (AvgIpc) is 3.09. The Bertz CT molecular complexity index is 562. The smallest absolute Gasteiger partial charge is 0.251 e. The highest BCUT2D eigenvalue weighted by molar-refractivity contribution is 5.94. The van der Waals surface area contributed by atoms with Gasteiger partial charge in [0.1, 0.15) is 5.75 Å². The molecule has 5 heteroatoms. The molecule has 0 spiro atoms. The van der Waals surface area contributed by atoms with E-state index in [0.717, 1.165) is 50.4 Å². The van der Waals surface area contributed by atoms with Gasteiger partial charge < -0.3 is 19.7 Å². The zero-order valence-corrected chi connectivity index (χ0v) is 14.7. The van der Waals surface area contributed by atoms with E-state index in [2.05, 4.69) is 10.2 Å². The maximum absolute atomic E-state index is 12.4. The lowest BCUT2D eigenvalue weighted by molar-refractivity contribution is 0.0613. The Hall–Kier alpha value is -1.59. The number of likely N-dealkylation sites (tertiary alicyclic amines) is 1. The van der Waals surface area contributed by atoms with Crippen LogP contribution in [0.15, 0.2) is 18.2 Å². The van der Waals surface area contributed by atoms with Crippen molar-refractivity contribution in [1.29, 1.82) is 0 Å². The summed E-state index contributed by atoms with van der Waals surface area (Å²) in [6.45, 7) is 5.98. The molecule has 0 radical (unpaired) electrons. The molecule has 0 saturated carbocycles. The van der Waals surface area contributed by atoms with Crippen LogP contribution in [0.3, 0.4) is 0 Å². The minimum absolute atomic E-state index is 0.0123. The van der Waals surface area contributed by atoms with Crippen LogP contribution in [-0.2, 0) is 4.74 Å². The van der Waals surface area contributed by atoms with Gasteiger partial charge in [-0.25, -0.2) is 0 Å². The number of nitrogens with one attached hydrogen (secondary N) is 1. The molecule has 0 bridgehead atoms. The van der Waals surface area contributed by atoms with Crippen LogP contribution in [-0.4, -0.2) is 56.3 Å². The molecule has 2 fully saturated rings. The molecular formula is C19H28N2O3. The monoisotopic (exact) mass is 332 g/mol. The van der Waals surface area contributed by atoms with E-state index in [-0.39, 0.29) is 11.9 Å². The quantitative estimate of drug-likeness (QED) is 0.899. The molecule has 5 nitrogen and oxygen atoms in total. The van der Waals surface area contributed by atoms with Gasteiger partial charge in [-0.3, -0.25) is 4.79 Å². The number of carbonyl (C=O) groups excluding carboxylic acids is 1. The van der Waals surface area contributed by atoms with Crippen molar-refractivity contribution in [3.8, 4) is 5.75 Å². The number of methoxy groups -OCH3 is 1. The lowest BCUT2D eigenvalue weighted by atomic mass is 10.0. The van der Waals surface area contributed by atoms with E-state index < -0.39 is 0 Å². The summed E-state index contributed by atoms with van der Waals surface area (Å²) < 4.78 is 11.0. The van der Waals surface area contributed by atoms with Crippen LogP contribution in [0, 0.1) is 6.92 Å². The molecule has 2 aliphatic rings. The minimum atomic E-state index is 0.0123. The fourth-order valence-corrected chi connectivity index (χ4v) is 3.62. The number of hydrogen-bond acceptors (Lipinski definition) is 4. The molecule has 2 saturated heterocycles. The zero-order valence-electron chi connectivity index (χ0n) is 14.7. The number of rotatable bonds is 5. The molecule has 0 aliphatic carbocycles. The Labute approximate surface area is 144 Å². The van der Waals surface area contributed by atoms with E-state index in [4.69, 9.17) is 9.47 Å². The summed E-state index contributed by atoms with van der Waals surface area (Å²) in [6, 6.07) is 5.84. The summed E-state index contributed by atoms with van der Waals surface area (Å²) in [7, 11) is 1.65. The van der Waals surface area contributed by atoms with Crippen molar-refractivity contribution in [1.82, 2.24) is 10.2 Å². The van der Waals surface area contributed by atoms with E-state index in [0.29, 0.717) is 11.7 Å². The van der Waals surface area contributed by atoms with Crippen LogP contribution in [0.5, 0.6) is 5.75 Å².